The first-order valence-electron chi connectivity index (χ1n) is 6.62. The molecule has 4 nitrogen and oxygen atoms in total. The van der Waals surface area contributed by atoms with Gasteiger partial charge in [-0.25, -0.2) is 4.39 Å². The molecule has 0 spiro atoms. The van der Waals surface area contributed by atoms with Gasteiger partial charge >= 0.3 is 6.18 Å². The van der Waals surface area contributed by atoms with Crippen molar-refractivity contribution in [2.45, 2.75) is 32.0 Å². The summed E-state index contributed by atoms with van der Waals surface area (Å²) in [6.45, 7) is 1.67. The third-order valence-corrected chi connectivity index (χ3v) is 3.47. The summed E-state index contributed by atoms with van der Waals surface area (Å²) in [5.74, 6) is -3.75. The van der Waals surface area contributed by atoms with E-state index in [1.165, 1.54) is 12.1 Å². The van der Waals surface area contributed by atoms with Crippen molar-refractivity contribution in [2.75, 3.05) is 5.32 Å². The quantitative estimate of drug-likeness (QED) is 0.650. The van der Waals surface area contributed by atoms with Gasteiger partial charge in [-0.05, 0) is 37.5 Å². The maximum absolute atomic E-state index is 13.6. The fourth-order valence-electron chi connectivity index (χ4n) is 2.25. The van der Waals surface area contributed by atoms with Gasteiger partial charge in [0.25, 0.3) is 0 Å². The van der Waals surface area contributed by atoms with Crippen molar-refractivity contribution in [2.24, 2.45) is 5.92 Å². The number of nitrogens with one attached hydrogen (secondary N) is 2. The number of piperidine rings is 1. The molecule has 0 radical (unpaired) electrons. The van der Waals surface area contributed by atoms with E-state index >= 15 is 0 Å². The van der Waals surface area contributed by atoms with E-state index in [0.29, 0.717) is 5.56 Å². The van der Waals surface area contributed by atoms with Crippen molar-refractivity contribution in [3.8, 4) is 0 Å². The van der Waals surface area contributed by atoms with Crippen LogP contribution >= 0.6 is 0 Å². The number of alkyl halides is 3. The molecule has 1 fully saturated rings. The number of halogens is 4. The van der Waals surface area contributed by atoms with E-state index in [-0.39, 0.29) is 18.5 Å². The van der Waals surface area contributed by atoms with E-state index < -0.39 is 35.8 Å². The van der Waals surface area contributed by atoms with E-state index in [4.69, 9.17) is 0 Å². The molecule has 2 atom stereocenters. The number of aryl methyl sites for hydroxylation is 1. The van der Waals surface area contributed by atoms with E-state index in [1.54, 1.807) is 18.3 Å². The van der Waals surface area contributed by atoms with Gasteiger partial charge in [0.05, 0.1) is 5.69 Å². The molecule has 1 aliphatic rings. The molecule has 0 aromatic heterocycles. The molecule has 0 aliphatic carbocycles. The van der Waals surface area contributed by atoms with Crippen molar-refractivity contribution < 1.29 is 27.2 Å². The largest absolute Gasteiger partial charge is 0.408 e. The summed E-state index contributed by atoms with van der Waals surface area (Å²) >= 11 is 0. The Morgan fingerprint density at radius 1 is 1.32 bits per heavy atom. The summed E-state index contributed by atoms with van der Waals surface area (Å²) in [5, 5.41) is 4.01. The van der Waals surface area contributed by atoms with Crippen molar-refractivity contribution in [1.29, 1.82) is 0 Å². The van der Waals surface area contributed by atoms with Gasteiger partial charge in [-0.3, -0.25) is 9.59 Å². The summed E-state index contributed by atoms with van der Waals surface area (Å²) in [6, 6.07) is 2.16. The van der Waals surface area contributed by atoms with Crippen molar-refractivity contribution in [1.82, 2.24) is 5.32 Å². The number of benzene rings is 1. The van der Waals surface area contributed by atoms with Crippen molar-refractivity contribution in [3.05, 3.63) is 29.6 Å². The number of carbonyl (C=O) groups is 2. The minimum Gasteiger partial charge on any atom is -0.344 e. The van der Waals surface area contributed by atoms with Crippen LogP contribution in [0.5, 0.6) is 0 Å². The second kappa shape index (κ2) is 5.94. The predicted molar refractivity (Wildman–Crippen MR) is 70.5 cm³/mol. The van der Waals surface area contributed by atoms with Crippen LogP contribution in [0.1, 0.15) is 18.4 Å². The van der Waals surface area contributed by atoms with Gasteiger partial charge in [-0.1, -0.05) is 6.07 Å². The van der Waals surface area contributed by atoms with Gasteiger partial charge in [-0.15, -0.1) is 0 Å². The fraction of sp³-hybridized carbons (Fsp3) is 0.429. The molecule has 0 unspecified atom stereocenters. The number of amides is 2. The molecular weight excluding hydrogens is 304 g/mol. The molecule has 0 saturated carbocycles. The third-order valence-electron chi connectivity index (χ3n) is 3.47. The van der Waals surface area contributed by atoms with E-state index in [0.717, 1.165) is 0 Å². The summed E-state index contributed by atoms with van der Waals surface area (Å²) in [6.07, 6.45) is -5.17. The van der Waals surface area contributed by atoms with Gasteiger partial charge in [0.2, 0.25) is 11.8 Å². The van der Waals surface area contributed by atoms with Gasteiger partial charge in [0.15, 0.2) is 0 Å². The van der Waals surface area contributed by atoms with Gasteiger partial charge in [0.1, 0.15) is 17.8 Å². The molecule has 8 heteroatoms. The number of rotatable bonds is 2. The minimum atomic E-state index is -4.54. The van der Waals surface area contributed by atoms with Crippen molar-refractivity contribution in [3.63, 3.8) is 0 Å². The molecule has 1 heterocycles. The molecule has 22 heavy (non-hydrogen) atoms. The lowest BCUT2D eigenvalue weighted by molar-refractivity contribution is -0.170. The molecule has 1 aromatic rings. The van der Waals surface area contributed by atoms with Crippen LogP contribution in [-0.2, 0) is 9.59 Å². The molecule has 1 aromatic carbocycles. The Balaban J connectivity index is 2.03. The average molecular weight is 318 g/mol. The Kier molecular flexibility index (Phi) is 4.39. The second-order valence-electron chi connectivity index (χ2n) is 5.21. The zero-order valence-corrected chi connectivity index (χ0v) is 11.6. The molecule has 2 amide bonds. The van der Waals surface area contributed by atoms with Crippen LogP contribution in [0.15, 0.2) is 18.2 Å². The van der Waals surface area contributed by atoms with Gasteiger partial charge < -0.3 is 10.6 Å². The van der Waals surface area contributed by atoms with Gasteiger partial charge in [-0.2, -0.15) is 13.2 Å². The Labute approximate surface area is 123 Å². The summed E-state index contributed by atoms with van der Waals surface area (Å²) in [4.78, 5) is 23.6. The Morgan fingerprint density at radius 3 is 2.55 bits per heavy atom. The normalized spacial score (nSPS) is 22.1. The maximum atomic E-state index is 13.6. The SMILES string of the molecule is Cc1ccc(NC(=O)[C@@H]2CC[C@@H](C(F)(F)F)NC2=O)c(F)c1. The molecule has 1 saturated heterocycles. The lowest BCUT2D eigenvalue weighted by atomic mass is 9.92. The highest BCUT2D eigenvalue weighted by Crippen LogP contribution is 2.29. The van der Waals surface area contributed by atoms with Crippen LogP contribution in [0.2, 0.25) is 0 Å². The highest BCUT2D eigenvalue weighted by atomic mass is 19.4. The lowest BCUT2D eigenvalue weighted by Crippen LogP contribution is -2.53. The van der Waals surface area contributed by atoms with Crippen LogP contribution in [0.4, 0.5) is 23.2 Å². The lowest BCUT2D eigenvalue weighted by Gasteiger charge is -2.29. The number of carbonyl (C=O) groups excluding carboxylic acids is 2. The summed E-state index contributed by atoms with van der Waals surface area (Å²) < 4.78 is 51.2. The third kappa shape index (κ3) is 3.55. The molecule has 2 rings (SSSR count). The topological polar surface area (TPSA) is 58.2 Å². The Hall–Kier alpha value is -2.12. The minimum absolute atomic E-state index is 0.110. The maximum Gasteiger partial charge on any atom is 0.408 e. The molecular formula is C14H14F4N2O2. The average Bonchev–Trinajstić information content (AvgIpc) is 2.40. The summed E-state index contributed by atoms with van der Waals surface area (Å²) in [7, 11) is 0. The van der Waals surface area contributed by atoms with Crippen LogP contribution in [0.25, 0.3) is 0 Å². The Morgan fingerprint density at radius 2 is 2.00 bits per heavy atom. The Bertz CT molecular complexity index is 601. The number of hydrogen-bond donors (Lipinski definition) is 2. The van der Waals surface area contributed by atoms with Gasteiger partial charge in [0, 0.05) is 0 Å². The first-order valence-corrected chi connectivity index (χ1v) is 6.62. The fourth-order valence-corrected chi connectivity index (χ4v) is 2.25. The highest BCUT2D eigenvalue weighted by Gasteiger charge is 2.45. The first-order chi connectivity index (χ1) is 10.2. The number of anilines is 1. The predicted octanol–water partition coefficient (Wildman–Crippen LogP) is 2.53. The van der Waals surface area contributed by atoms with Crippen molar-refractivity contribution >= 4 is 17.5 Å². The first kappa shape index (κ1) is 16.3. The molecule has 2 N–H and O–H groups in total. The standard InChI is InChI=1S/C14H14F4N2O2/c1-7-2-4-10(9(15)6-7)19-12(21)8-3-5-11(14(16,17)18)20-13(8)22/h2,4,6,8,11H,3,5H2,1H3,(H,19,21)(H,20,22)/t8-,11-/m0/s1. The monoisotopic (exact) mass is 318 g/mol. The smallest absolute Gasteiger partial charge is 0.344 e. The second-order valence-corrected chi connectivity index (χ2v) is 5.21. The highest BCUT2D eigenvalue weighted by molar-refractivity contribution is 6.06. The number of hydrogen-bond acceptors (Lipinski definition) is 2. The van der Waals surface area contributed by atoms with Crippen LogP contribution in [0, 0.1) is 18.7 Å². The van der Waals surface area contributed by atoms with Crippen LogP contribution in [-0.4, -0.2) is 24.0 Å². The molecule has 0 bridgehead atoms. The van der Waals surface area contributed by atoms with E-state index in [9.17, 15) is 27.2 Å². The zero-order valence-electron chi connectivity index (χ0n) is 11.6. The van der Waals surface area contributed by atoms with E-state index in [2.05, 4.69) is 5.32 Å². The molecule has 120 valence electrons. The van der Waals surface area contributed by atoms with E-state index in [1.807, 2.05) is 0 Å². The zero-order chi connectivity index (χ0) is 16.5. The molecule has 1 aliphatic heterocycles. The van der Waals surface area contributed by atoms with Crippen LogP contribution < -0.4 is 10.6 Å². The van der Waals surface area contributed by atoms with Crippen LogP contribution in [0.3, 0.4) is 0 Å². The summed E-state index contributed by atoms with van der Waals surface area (Å²) in [5.41, 5.74) is 0.542.